The first kappa shape index (κ1) is 14.0. The number of hydrogen-bond acceptors (Lipinski definition) is 3. The largest absolute Gasteiger partial charge is 0.264 e. The third-order valence-corrected chi connectivity index (χ3v) is 4.22. The fourth-order valence-corrected chi connectivity index (χ4v) is 2.86. The van der Waals surface area contributed by atoms with Gasteiger partial charge in [0, 0.05) is 16.7 Å². The highest BCUT2D eigenvalue weighted by Crippen LogP contribution is 2.29. The molecule has 0 saturated carbocycles. The zero-order valence-corrected chi connectivity index (χ0v) is 11.2. The van der Waals surface area contributed by atoms with Crippen LogP contribution in [0.25, 0.3) is 0 Å². The molecule has 4 heteroatoms. The fourth-order valence-electron chi connectivity index (χ4n) is 1.61. The van der Waals surface area contributed by atoms with Crippen molar-refractivity contribution in [3.8, 4) is 0 Å². The molecule has 2 unspecified atom stereocenters. The average molecular weight is 253 g/mol. The lowest BCUT2D eigenvalue weighted by Gasteiger charge is -2.17. The zero-order chi connectivity index (χ0) is 12.7. The fraction of sp³-hybridized carbons (Fsp3) is 0.538. The third-order valence-electron chi connectivity index (χ3n) is 2.74. The van der Waals surface area contributed by atoms with Crippen molar-refractivity contribution in [2.45, 2.75) is 49.3 Å². The van der Waals surface area contributed by atoms with E-state index in [-0.39, 0.29) is 10.2 Å². The Kier molecular flexibility index (Phi) is 6.05. The molecule has 2 atom stereocenters. The monoisotopic (exact) mass is 253 g/mol. The summed E-state index contributed by atoms with van der Waals surface area (Å²) < 4.78 is 0. The van der Waals surface area contributed by atoms with Gasteiger partial charge in [-0.2, -0.15) is 0 Å². The highest BCUT2D eigenvalue weighted by atomic mass is 32.2. The van der Waals surface area contributed by atoms with Crippen LogP contribution in [0.2, 0.25) is 0 Å². The highest BCUT2D eigenvalue weighted by Gasteiger charge is 2.26. The summed E-state index contributed by atoms with van der Waals surface area (Å²) in [6, 6.07) is 9.42. The van der Waals surface area contributed by atoms with Gasteiger partial charge in [-0.3, -0.25) is 10.1 Å². The van der Waals surface area contributed by atoms with Crippen LogP contribution in [0, 0.1) is 10.1 Å². The van der Waals surface area contributed by atoms with Crippen molar-refractivity contribution in [2.75, 3.05) is 0 Å². The van der Waals surface area contributed by atoms with Crippen molar-refractivity contribution < 1.29 is 4.92 Å². The van der Waals surface area contributed by atoms with Crippen LogP contribution < -0.4 is 0 Å². The molecule has 0 spiro atoms. The van der Waals surface area contributed by atoms with Crippen molar-refractivity contribution in [3.63, 3.8) is 0 Å². The number of hydrogen-bond donors (Lipinski definition) is 0. The van der Waals surface area contributed by atoms with Crippen LogP contribution in [0.3, 0.4) is 0 Å². The Morgan fingerprint density at radius 3 is 2.53 bits per heavy atom. The second kappa shape index (κ2) is 7.33. The van der Waals surface area contributed by atoms with E-state index >= 15 is 0 Å². The predicted octanol–water partition coefficient (Wildman–Crippen LogP) is 4.00. The van der Waals surface area contributed by atoms with Gasteiger partial charge in [-0.1, -0.05) is 38.0 Å². The summed E-state index contributed by atoms with van der Waals surface area (Å²) in [5.41, 5.74) is 0. The van der Waals surface area contributed by atoms with Crippen molar-refractivity contribution in [3.05, 3.63) is 40.4 Å². The average Bonchev–Trinajstić information content (AvgIpc) is 2.34. The molecule has 0 aliphatic carbocycles. The first-order valence-corrected chi connectivity index (χ1v) is 6.88. The molecule has 1 aromatic rings. The van der Waals surface area contributed by atoms with Crippen LogP contribution >= 0.6 is 11.8 Å². The number of benzene rings is 1. The minimum absolute atomic E-state index is 0.0624. The van der Waals surface area contributed by atoms with Crippen molar-refractivity contribution in [1.29, 1.82) is 0 Å². The van der Waals surface area contributed by atoms with E-state index in [9.17, 15) is 10.1 Å². The van der Waals surface area contributed by atoms with Crippen molar-refractivity contribution in [2.24, 2.45) is 0 Å². The molecule has 1 rings (SSSR count). The second-order valence-electron chi connectivity index (χ2n) is 4.14. The summed E-state index contributed by atoms with van der Waals surface area (Å²) in [7, 11) is 0. The zero-order valence-electron chi connectivity index (χ0n) is 10.3. The predicted molar refractivity (Wildman–Crippen MR) is 72.1 cm³/mol. The van der Waals surface area contributed by atoms with Gasteiger partial charge in [0.15, 0.2) is 0 Å². The van der Waals surface area contributed by atoms with E-state index < -0.39 is 6.04 Å². The molecule has 0 heterocycles. The standard InChI is InChI=1S/C13H19NO2S/c1-3-4-10-13(11(2)14(15)16)17-12-8-6-5-7-9-12/h5-9,11,13H,3-4,10H2,1-2H3. The Balaban J connectivity index is 2.66. The van der Waals surface area contributed by atoms with E-state index in [1.165, 1.54) is 0 Å². The van der Waals surface area contributed by atoms with E-state index in [0.717, 1.165) is 24.2 Å². The summed E-state index contributed by atoms with van der Waals surface area (Å²) in [5.74, 6) is 0. The molecule has 0 fully saturated rings. The molecule has 0 N–H and O–H groups in total. The Hall–Kier alpha value is -1.03. The molecule has 94 valence electrons. The number of thioether (sulfide) groups is 1. The summed E-state index contributed by atoms with van der Waals surface area (Å²) in [6.45, 7) is 3.82. The Morgan fingerprint density at radius 2 is 2.00 bits per heavy atom. The smallest absolute Gasteiger partial charge is 0.222 e. The van der Waals surface area contributed by atoms with Crippen LogP contribution in [-0.4, -0.2) is 16.2 Å². The summed E-state index contributed by atoms with van der Waals surface area (Å²) in [6.07, 6.45) is 3.02. The van der Waals surface area contributed by atoms with E-state index in [0.29, 0.717) is 0 Å². The van der Waals surface area contributed by atoms with Gasteiger partial charge in [0.2, 0.25) is 6.04 Å². The molecular formula is C13H19NO2S. The van der Waals surface area contributed by atoms with Crippen molar-refractivity contribution >= 4 is 11.8 Å². The Bertz CT molecular complexity index is 343. The maximum absolute atomic E-state index is 10.9. The van der Waals surface area contributed by atoms with E-state index in [2.05, 4.69) is 6.92 Å². The van der Waals surface area contributed by atoms with E-state index in [4.69, 9.17) is 0 Å². The molecular weight excluding hydrogens is 234 g/mol. The maximum atomic E-state index is 10.9. The van der Waals surface area contributed by atoms with Gasteiger partial charge in [0.25, 0.3) is 0 Å². The van der Waals surface area contributed by atoms with Crippen LogP contribution in [0.15, 0.2) is 35.2 Å². The van der Waals surface area contributed by atoms with E-state index in [1.807, 2.05) is 30.3 Å². The van der Waals surface area contributed by atoms with Gasteiger partial charge in [0.05, 0.1) is 5.25 Å². The van der Waals surface area contributed by atoms with Gasteiger partial charge < -0.3 is 0 Å². The molecule has 3 nitrogen and oxygen atoms in total. The molecule has 0 amide bonds. The van der Waals surface area contributed by atoms with E-state index in [1.54, 1.807) is 18.7 Å². The maximum Gasteiger partial charge on any atom is 0.222 e. The molecule has 0 bridgehead atoms. The molecule has 1 aromatic carbocycles. The summed E-state index contributed by atoms with van der Waals surface area (Å²) in [4.78, 5) is 11.8. The molecule has 0 aliphatic heterocycles. The highest BCUT2D eigenvalue weighted by molar-refractivity contribution is 8.00. The van der Waals surface area contributed by atoms with Crippen LogP contribution in [0.5, 0.6) is 0 Å². The second-order valence-corrected chi connectivity index (χ2v) is 5.45. The number of unbranched alkanes of at least 4 members (excludes halogenated alkanes) is 1. The lowest BCUT2D eigenvalue weighted by Crippen LogP contribution is -2.28. The van der Waals surface area contributed by atoms with Crippen LogP contribution in [0.1, 0.15) is 33.1 Å². The topological polar surface area (TPSA) is 43.1 Å². The molecule has 0 aliphatic rings. The normalized spacial score (nSPS) is 14.2. The van der Waals surface area contributed by atoms with Gasteiger partial charge in [-0.05, 0) is 18.6 Å². The minimum Gasteiger partial charge on any atom is -0.264 e. The van der Waals surface area contributed by atoms with Crippen LogP contribution in [-0.2, 0) is 0 Å². The summed E-state index contributed by atoms with van der Waals surface area (Å²) >= 11 is 1.62. The first-order valence-electron chi connectivity index (χ1n) is 6.00. The molecule has 17 heavy (non-hydrogen) atoms. The molecule has 0 radical (unpaired) electrons. The van der Waals surface area contributed by atoms with Crippen molar-refractivity contribution in [1.82, 2.24) is 0 Å². The SMILES string of the molecule is CCCCC(Sc1ccccc1)C(C)[N+](=O)[O-]. The quantitative estimate of drug-likeness (QED) is 0.419. The van der Waals surface area contributed by atoms with Gasteiger partial charge in [-0.25, -0.2) is 0 Å². The summed E-state index contributed by atoms with van der Waals surface area (Å²) in [5, 5.41) is 10.9. The number of rotatable bonds is 7. The Labute approximate surface area is 107 Å². The molecule has 0 saturated heterocycles. The van der Waals surface area contributed by atoms with Crippen LogP contribution in [0.4, 0.5) is 0 Å². The Morgan fingerprint density at radius 1 is 1.35 bits per heavy atom. The first-order chi connectivity index (χ1) is 8.15. The molecule has 0 aromatic heterocycles. The number of nitrogens with zero attached hydrogens (tertiary/aromatic N) is 1. The van der Waals surface area contributed by atoms with Gasteiger partial charge in [0.1, 0.15) is 0 Å². The van der Waals surface area contributed by atoms with Gasteiger partial charge >= 0.3 is 0 Å². The van der Waals surface area contributed by atoms with Gasteiger partial charge in [-0.15, -0.1) is 11.8 Å². The lowest BCUT2D eigenvalue weighted by atomic mass is 10.1. The number of nitro groups is 1. The lowest BCUT2D eigenvalue weighted by molar-refractivity contribution is -0.517. The minimum atomic E-state index is -0.494. The third kappa shape index (κ3) is 4.77.